The Bertz CT molecular complexity index is 596. The summed E-state index contributed by atoms with van der Waals surface area (Å²) in [6, 6.07) is 6.39. The second kappa shape index (κ2) is 5.28. The van der Waals surface area contributed by atoms with Gasteiger partial charge in [0.15, 0.2) is 0 Å². The standard InChI is InChI=1S/C11H13N5O2/c1-18-10-2-3-11(17)16(15-10)7-9-6-8(14-12)4-5-13-9/h2-6H,7,12H2,1H3,(H,13,14). The molecule has 94 valence electrons. The van der Waals surface area contributed by atoms with Crippen molar-refractivity contribution >= 4 is 5.69 Å². The summed E-state index contributed by atoms with van der Waals surface area (Å²) in [4.78, 5) is 15.8. The molecule has 0 spiro atoms. The maximum Gasteiger partial charge on any atom is 0.267 e. The largest absolute Gasteiger partial charge is 0.480 e. The molecule has 0 atom stereocenters. The molecule has 3 N–H and O–H groups in total. The van der Waals surface area contributed by atoms with Crippen molar-refractivity contribution in [1.29, 1.82) is 0 Å². The number of nitrogens with zero attached hydrogens (tertiary/aromatic N) is 3. The molecule has 0 radical (unpaired) electrons. The lowest BCUT2D eigenvalue weighted by Gasteiger charge is -2.07. The van der Waals surface area contributed by atoms with E-state index in [1.807, 2.05) is 0 Å². The second-order valence-electron chi connectivity index (χ2n) is 3.55. The van der Waals surface area contributed by atoms with Gasteiger partial charge in [0.25, 0.3) is 5.56 Å². The van der Waals surface area contributed by atoms with E-state index in [1.54, 1.807) is 18.3 Å². The van der Waals surface area contributed by atoms with Gasteiger partial charge in [-0.05, 0) is 12.1 Å². The van der Waals surface area contributed by atoms with Gasteiger partial charge < -0.3 is 10.2 Å². The van der Waals surface area contributed by atoms with E-state index in [1.165, 1.54) is 23.9 Å². The van der Waals surface area contributed by atoms with E-state index in [0.717, 1.165) is 5.69 Å². The first-order valence-corrected chi connectivity index (χ1v) is 5.26. The maximum absolute atomic E-state index is 11.6. The average Bonchev–Trinajstić information content (AvgIpc) is 2.41. The smallest absolute Gasteiger partial charge is 0.267 e. The van der Waals surface area contributed by atoms with Crippen LogP contribution in [0.15, 0.2) is 35.3 Å². The first-order valence-electron chi connectivity index (χ1n) is 5.26. The number of rotatable bonds is 4. The third kappa shape index (κ3) is 2.64. The number of nitrogens with two attached hydrogens (primary N) is 1. The summed E-state index contributed by atoms with van der Waals surface area (Å²) >= 11 is 0. The molecule has 2 aromatic rings. The van der Waals surface area contributed by atoms with Gasteiger partial charge >= 0.3 is 0 Å². The number of nitrogens with one attached hydrogen (secondary N) is 1. The molecule has 0 fully saturated rings. The van der Waals surface area contributed by atoms with Gasteiger partial charge in [-0.2, -0.15) is 0 Å². The molecule has 0 bridgehead atoms. The molecule has 2 rings (SSSR count). The molecule has 0 unspecified atom stereocenters. The van der Waals surface area contributed by atoms with Crippen molar-refractivity contribution in [3.05, 3.63) is 46.5 Å². The van der Waals surface area contributed by atoms with Gasteiger partial charge in [-0.25, -0.2) is 4.68 Å². The number of nitrogen functional groups attached to an aromatic ring is 1. The monoisotopic (exact) mass is 247 g/mol. The highest BCUT2D eigenvalue weighted by Gasteiger charge is 2.03. The van der Waals surface area contributed by atoms with E-state index < -0.39 is 0 Å². The number of anilines is 1. The van der Waals surface area contributed by atoms with Gasteiger partial charge in [0, 0.05) is 18.3 Å². The highest BCUT2D eigenvalue weighted by molar-refractivity contribution is 5.41. The number of hydrazine groups is 1. The van der Waals surface area contributed by atoms with Crippen LogP contribution < -0.4 is 21.6 Å². The van der Waals surface area contributed by atoms with Gasteiger partial charge in [0.2, 0.25) is 5.88 Å². The van der Waals surface area contributed by atoms with Crippen molar-refractivity contribution in [2.24, 2.45) is 5.84 Å². The van der Waals surface area contributed by atoms with E-state index in [2.05, 4.69) is 15.5 Å². The molecule has 0 amide bonds. The Morgan fingerprint density at radius 1 is 1.44 bits per heavy atom. The Morgan fingerprint density at radius 2 is 2.28 bits per heavy atom. The normalized spacial score (nSPS) is 10.1. The van der Waals surface area contributed by atoms with E-state index in [9.17, 15) is 4.79 Å². The van der Waals surface area contributed by atoms with E-state index in [0.29, 0.717) is 11.6 Å². The fourth-order valence-corrected chi connectivity index (χ4v) is 1.46. The van der Waals surface area contributed by atoms with Gasteiger partial charge in [-0.1, -0.05) is 0 Å². The summed E-state index contributed by atoms with van der Waals surface area (Å²) < 4.78 is 6.25. The minimum Gasteiger partial charge on any atom is -0.480 e. The molecule has 18 heavy (non-hydrogen) atoms. The molecular formula is C11H13N5O2. The van der Waals surface area contributed by atoms with Crippen LogP contribution in [-0.2, 0) is 6.54 Å². The van der Waals surface area contributed by atoms with E-state index in [4.69, 9.17) is 10.6 Å². The van der Waals surface area contributed by atoms with Crippen LogP contribution in [0.3, 0.4) is 0 Å². The lowest BCUT2D eigenvalue weighted by atomic mass is 10.3. The van der Waals surface area contributed by atoms with Crippen LogP contribution in [0, 0.1) is 0 Å². The summed E-state index contributed by atoms with van der Waals surface area (Å²) in [6.45, 7) is 0.256. The third-order valence-electron chi connectivity index (χ3n) is 2.35. The zero-order valence-electron chi connectivity index (χ0n) is 9.83. The van der Waals surface area contributed by atoms with Crippen LogP contribution in [0.2, 0.25) is 0 Å². The summed E-state index contributed by atoms with van der Waals surface area (Å²) in [5.74, 6) is 5.68. The molecule has 0 saturated carbocycles. The minimum absolute atomic E-state index is 0.219. The third-order valence-corrected chi connectivity index (χ3v) is 2.35. The van der Waals surface area contributed by atoms with Crippen LogP contribution in [0.1, 0.15) is 5.69 Å². The molecule has 2 aromatic heterocycles. The predicted molar refractivity (Wildman–Crippen MR) is 66.2 cm³/mol. The highest BCUT2D eigenvalue weighted by Crippen LogP contribution is 2.07. The van der Waals surface area contributed by atoms with Crippen LogP contribution in [0.4, 0.5) is 5.69 Å². The van der Waals surface area contributed by atoms with E-state index in [-0.39, 0.29) is 12.1 Å². The van der Waals surface area contributed by atoms with Crippen molar-refractivity contribution in [2.45, 2.75) is 6.54 Å². The molecule has 7 heteroatoms. The van der Waals surface area contributed by atoms with Gasteiger partial charge in [-0.15, -0.1) is 5.10 Å². The first kappa shape index (κ1) is 12.1. The first-order chi connectivity index (χ1) is 8.72. The number of aromatic nitrogens is 3. The molecule has 0 aromatic carbocycles. The molecule has 0 aliphatic rings. The van der Waals surface area contributed by atoms with Crippen molar-refractivity contribution in [1.82, 2.24) is 14.8 Å². The quantitative estimate of drug-likeness (QED) is 0.582. The summed E-state index contributed by atoms with van der Waals surface area (Å²) in [6.07, 6.45) is 1.61. The Balaban J connectivity index is 2.30. The number of methoxy groups -OCH3 is 1. The van der Waals surface area contributed by atoms with Gasteiger partial charge in [0.05, 0.1) is 25.0 Å². The summed E-state index contributed by atoms with van der Waals surface area (Å²) in [5.41, 5.74) is 3.69. The Morgan fingerprint density at radius 3 is 3.00 bits per heavy atom. The van der Waals surface area contributed by atoms with Crippen molar-refractivity contribution in [2.75, 3.05) is 12.5 Å². The predicted octanol–water partition coefficient (Wildman–Crippen LogP) is -0.0192. The van der Waals surface area contributed by atoms with Gasteiger partial charge in [-0.3, -0.25) is 15.6 Å². The maximum atomic E-state index is 11.6. The molecule has 2 heterocycles. The van der Waals surface area contributed by atoms with Crippen LogP contribution in [-0.4, -0.2) is 21.9 Å². The van der Waals surface area contributed by atoms with Crippen LogP contribution in [0.5, 0.6) is 5.88 Å². The SMILES string of the molecule is COc1ccc(=O)n(Cc2cc(NN)ccn2)n1. The molecule has 0 aliphatic heterocycles. The number of hydrogen-bond acceptors (Lipinski definition) is 6. The van der Waals surface area contributed by atoms with Crippen LogP contribution >= 0.6 is 0 Å². The molecule has 7 nitrogen and oxygen atoms in total. The topological polar surface area (TPSA) is 95.1 Å². The molecular weight excluding hydrogens is 234 g/mol. The second-order valence-corrected chi connectivity index (χ2v) is 3.55. The Hall–Kier alpha value is -2.41. The number of hydrogen-bond donors (Lipinski definition) is 2. The number of ether oxygens (including phenoxy) is 1. The lowest BCUT2D eigenvalue weighted by molar-refractivity contribution is 0.378. The summed E-state index contributed by atoms with van der Waals surface area (Å²) in [7, 11) is 1.49. The van der Waals surface area contributed by atoms with Gasteiger partial charge in [0.1, 0.15) is 0 Å². The average molecular weight is 247 g/mol. The summed E-state index contributed by atoms with van der Waals surface area (Å²) in [5, 5.41) is 4.03. The lowest BCUT2D eigenvalue weighted by Crippen LogP contribution is -2.23. The fraction of sp³-hybridized carbons (Fsp3) is 0.182. The zero-order chi connectivity index (χ0) is 13.0. The minimum atomic E-state index is -0.219. The van der Waals surface area contributed by atoms with Crippen molar-refractivity contribution < 1.29 is 4.74 Å². The van der Waals surface area contributed by atoms with E-state index >= 15 is 0 Å². The van der Waals surface area contributed by atoms with Crippen molar-refractivity contribution in [3.63, 3.8) is 0 Å². The highest BCUT2D eigenvalue weighted by atomic mass is 16.5. The molecule has 0 aliphatic carbocycles. The zero-order valence-corrected chi connectivity index (χ0v) is 9.83. The Kier molecular flexibility index (Phi) is 3.54. The van der Waals surface area contributed by atoms with Crippen LogP contribution in [0.25, 0.3) is 0 Å². The van der Waals surface area contributed by atoms with Crippen molar-refractivity contribution in [3.8, 4) is 5.88 Å². The number of pyridine rings is 1. The fourth-order valence-electron chi connectivity index (χ4n) is 1.46. The molecule has 0 saturated heterocycles. The Labute approximate surface area is 103 Å².